The monoisotopic (exact) mass is 210 g/mol. The van der Waals surface area contributed by atoms with Crippen LogP contribution in [0.1, 0.15) is 25.7 Å². The zero-order chi connectivity index (χ0) is 10.3. The number of imidazole rings is 1. The highest BCUT2D eigenvalue weighted by Crippen LogP contribution is 2.19. The molecule has 0 unspecified atom stereocenters. The van der Waals surface area contributed by atoms with Crippen LogP contribution >= 0.6 is 11.6 Å². The largest absolute Gasteiger partial charge is 0.310 e. The SMILES string of the molecule is Cc1nc2cnc(Cl)nc2n1C(C)C. The lowest BCUT2D eigenvalue weighted by Crippen LogP contribution is -2.03. The van der Waals surface area contributed by atoms with Crippen LogP contribution in [0.2, 0.25) is 5.28 Å². The van der Waals surface area contributed by atoms with Crippen LogP contribution in [0.15, 0.2) is 6.20 Å². The fourth-order valence-electron chi connectivity index (χ4n) is 1.60. The summed E-state index contributed by atoms with van der Waals surface area (Å²) in [4.78, 5) is 12.4. The fraction of sp³-hybridized carbons (Fsp3) is 0.444. The minimum atomic E-state index is 0.263. The number of fused-ring (bicyclic) bond motifs is 1. The predicted octanol–water partition coefficient (Wildman–Crippen LogP) is 2.37. The predicted molar refractivity (Wildman–Crippen MR) is 55.5 cm³/mol. The highest BCUT2D eigenvalue weighted by atomic mass is 35.5. The van der Waals surface area contributed by atoms with Gasteiger partial charge in [0.15, 0.2) is 5.65 Å². The summed E-state index contributed by atoms with van der Waals surface area (Å²) in [6.07, 6.45) is 1.65. The van der Waals surface area contributed by atoms with E-state index in [2.05, 4.69) is 28.8 Å². The summed E-state index contributed by atoms with van der Waals surface area (Å²) >= 11 is 5.74. The molecule has 2 aromatic heterocycles. The maximum atomic E-state index is 5.74. The van der Waals surface area contributed by atoms with Crippen LogP contribution < -0.4 is 0 Å². The molecule has 0 amide bonds. The van der Waals surface area contributed by atoms with Crippen LogP contribution in [0, 0.1) is 6.92 Å². The third kappa shape index (κ3) is 1.35. The van der Waals surface area contributed by atoms with Crippen molar-refractivity contribution in [2.75, 3.05) is 0 Å². The first-order chi connectivity index (χ1) is 6.59. The average Bonchev–Trinajstić information content (AvgIpc) is 2.40. The summed E-state index contributed by atoms with van der Waals surface area (Å²) in [5.41, 5.74) is 1.60. The molecule has 0 saturated heterocycles. The van der Waals surface area contributed by atoms with Crippen molar-refractivity contribution < 1.29 is 0 Å². The first-order valence-corrected chi connectivity index (χ1v) is 4.84. The Kier molecular flexibility index (Phi) is 2.15. The van der Waals surface area contributed by atoms with E-state index < -0.39 is 0 Å². The van der Waals surface area contributed by atoms with E-state index in [4.69, 9.17) is 11.6 Å². The van der Waals surface area contributed by atoms with Gasteiger partial charge in [-0.3, -0.25) is 0 Å². The molecule has 0 N–H and O–H groups in total. The van der Waals surface area contributed by atoms with E-state index >= 15 is 0 Å². The van der Waals surface area contributed by atoms with Crippen LogP contribution in [-0.4, -0.2) is 19.5 Å². The zero-order valence-electron chi connectivity index (χ0n) is 8.32. The minimum absolute atomic E-state index is 0.263. The summed E-state index contributed by atoms with van der Waals surface area (Å²) in [5.74, 6) is 0.937. The Bertz CT molecular complexity index is 475. The molecular formula is C9H11ClN4. The van der Waals surface area contributed by atoms with Crippen LogP contribution in [0.4, 0.5) is 0 Å². The normalized spacial score (nSPS) is 11.5. The van der Waals surface area contributed by atoms with E-state index in [0.717, 1.165) is 17.0 Å². The standard InChI is InChI=1S/C9H11ClN4/c1-5(2)14-6(3)12-7-4-11-9(10)13-8(7)14/h4-5H,1-3H3. The Morgan fingerprint density at radius 3 is 2.71 bits per heavy atom. The van der Waals surface area contributed by atoms with Gasteiger partial charge in [-0.2, -0.15) is 4.98 Å². The van der Waals surface area contributed by atoms with Crippen LogP contribution in [-0.2, 0) is 0 Å². The molecule has 0 bridgehead atoms. The molecule has 0 radical (unpaired) electrons. The molecule has 0 aromatic carbocycles. The number of nitrogens with zero attached hydrogens (tertiary/aromatic N) is 4. The van der Waals surface area contributed by atoms with Gasteiger partial charge in [0.2, 0.25) is 5.28 Å². The molecule has 0 aliphatic heterocycles. The summed E-state index contributed by atoms with van der Waals surface area (Å²) in [5, 5.41) is 0.263. The van der Waals surface area contributed by atoms with Gasteiger partial charge in [0, 0.05) is 6.04 Å². The van der Waals surface area contributed by atoms with E-state index in [1.807, 2.05) is 11.5 Å². The first-order valence-electron chi connectivity index (χ1n) is 4.46. The number of aromatic nitrogens is 4. The number of rotatable bonds is 1. The zero-order valence-corrected chi connectivity index (χ0v) is 9.08. The van der Waals surface area contributed by atoms with Crippen LogP contribution in [0.3, 0.4) is 0 Å². The highest BCUT2D eigenvalue weighted by Gasteiger charge is 2.11. The molecule has 2 rings (SSSR count). The van der Waals surface area contributed by atoms with Gasteiger partial charge < -0.3 is 4.57 Å². The molecule has 2 heterocycles. The Morgan fingerprint density at radius 1 is 1.36 bits per heavy atom. The molecule has 74 valence electrons. The molecule has 0 aliphatic carbocycles. The highest BCUT2D eigenvalue weighted by molar-refractivity contribution is 6.28. The lowest BCUT2D eigenvalue weighted by molar-refractivity contribution is 0.595. The van der Waals surface area contributed by atoms with E-state index in [-0.39, 0.29) is 5.28 Å². The quantitative estimate of drug-likeness (QED) is 0.679. The second-order valence-corrected chi connectivity index (χ2v) is 3.81. The molecular weight excluding hydrogens is 200 g/mol. The molecule has 0 atom stereocenters. The van der Waals surface area contributed by atoms with Crippen molar-refractivity contribution in [3.63, 3.8) is 0 Å². The molecule has 4 nitrogen and oxygen atoms in total. The van der Waals surface area contributed by atoms with Crippen molar-refractivity contribution >= 4 is 22.8 Å². The van der Waals surface area contributed by atoms with E-state index in [0.29, 0.717) is 6.04 Å². The molecule has 0 spiro atoms. The van der Waals surface area contributed by atoms with Crippen LogP contribution in [0.25, 0.3) is 11.2 Å². The topological polar surface area (TPSA) is 43.6 Å². The smallest absolute Gasteiger partial charge is 0.224 e. The van der Waals surface area contributed by atoms with Gasteiger partial charge in [-0.25, -0.2) is 9.97 Å². The lowest BCUT2D eigenvalue weighted by Gasteiger charge is -2.09. The molecule has 5 heteroatoms. The van der Waals surface area contributed by atoms with Crippen molar-refractivity contribution in [1.29, 1.82) is 0 Å². The summed E-state index contributed by atoms with van der Waals surface area (Å²) in [6.45, 7) is 6.13. The summed E-state index contributed by atoms with van der Waals surface area (Å²) in [6, 6.07) is 0.325. The summed E-state index contributed by atoms with van der Waals surface area (Å²) in [7, 11) is 0. The number of aryl methyl sites for hydroxylation is 1. The second kappa shape index (κ2) is 3.20. The van der Waals surface area contributed by atoms with Gasteiger partial charge in [-0.1, -0.05) is 0 Å². The fourth-order valence-corrected chi connectivity index (χ4v) is 1.73. The molecule has 2 aromatic rings. The van der Waals surface area contributed by atoms with Crippen molar-refractivity contribution in [2.45, 2.75) is 26.8 Å². The third-order valence-electron chi connectivity index (χ3n) is 2.10. The number of halogens is 1. The van der Waals surface area contributed by atoms with Crippen molar-refractivity contribution in [3.05, 3.63) is 17.3 Å². The van der Waals surface area contributed by atoms with Crippen molar-refractivity contribution in [3.8, 4) is 0 Å². The molecule has 14 heavy (non-hydrogen) atoms. The molecule has 0 aliphatic rings. The molecule has 0 saturated carbocycles. The Hall–Kier alpha value is -1.16. The number of hydrogen-bond acceptors (Lipinski definition) is 3. The van der Waals surface area contributed by atoms with E-state index in [1.165, 1.54) is 0 Å². The van der Waals surface area contributed by atoms with Gasteiger partial charge in [0.25, 0.3) is 0 Å². The Morgan fingerprint density at radius 2 is 2.07 bits per heavy atom. The summed E-state index contributed by atoms with van der Waals surface area (Å²) < 4.78 is 2.04. The third-order valence-corrected chi connectivity index (χ3v) is 2.28. The van der Waals surface area contributed by atoms with Gasteiger partial charge >= 0.3 is 0 Å². The molecule has 0 fully saturated rings. The maximum absolute atomic E-state index is 5.74. The second-order valence-electron chi connectivity index (χ2n) is 3.47. The van der Waals surface area contributed by atoms with Crippen molar-refractivity contribution in [2.24, 2.45) is 0 Å². The van der Waals surface area contributed by atoms with Gasteiger partial charge in [0.1, 0.15) is 11.3 Å². The van der Waals surface area contributed by atoms with Crippen LogP contribution in [0.5, 0.6) is 0 Å². The van der Waals surface area contributed by atoms with Gasteiger partial charge in [-0.15, -0.1) is 0 Å². The Labute approximate surface area is 87.0 Å². The maximum Gasteiger partial charge on any atom is 0.224 e. The number of hydrogen-bond donors (Lipinski definition) is 0. The van der Waals surface area contributed by atoms with E-state index in [9.17, 15) is 0 Å². The van der Waals surface area contributed by atoms with E-state index in [1.54, 1.807) is 6.20 Å². The van der Waals surface area contributed by atoms with Gasteiger partial charge in [-0.05, 0) is 32.4 Å². The Balaban J connectivity index is 2.79. The van der Waals surface area contributed by atoms with Crippen molar-refractivity contribution in [1.82, 2.24) is 19.5 Å². The minimum Gasteiger partial charge on any atom is -0.310 e. The van der Waals surface area contributed by atoms with Gasteiger partial charge in [0.05, 0.1) is 6.20 Å². The first kappa shape index (κ1) is 9.40. The lowest BCUT2D eigenvalue weighted by atomic mass is 10.4. The average molecular weight is 211 g/mol.